The van der Waals surface area contributed by atoms with Gasteiger partial charge in [0.2, 0.25) is 11.8 Å². The molecule has 3 heterocycles. The fourth-order valence-electron chi connectivity index (χ4n) is 3.39. The molecule has 6 heteroatoms. The number of hydrogen-bond donors (Lipinski definition) is 0. The Balaban J connectivity index is 1.67. The summed E-state index contributed by atoms with van der Waals surface area (Å²) >= 11 is 0. The number of nitrogens with zero attached hydrogens (tertiary/aromatic N) is 4. The van der Waals surface area contributed by atoms with Crippen molar-refractivity contribution in [2.24, 2.45) is 0 Å². The fourth-order valence-corrected chi connectivity index (χ4v) is 3.39. The molecule has 1 aromatic rings. The second-order valence-corrected chi connectivity index (χ2v) is 6.60. The van der Waals surface area contributed by atoms with Gasteiger partial charge in [-0.05, 0) is 13.3 Å². The number of carbonyl (C=O) groups excluding carboxylic acids is 2. The van der Waals surface area contributed by atoms with Gasteiger partial charge in [-0.1, -0.05) is 25.5 Å². The van der Waals surface area contributed by atoms with Crippen molar-refractivity contribution in [3.63, 3.8) is 0 Å². The largest absolute Gasteiger partial charge is 0.335 e. The molecule has 0 unspecified atom stereocenters. The quantitative estimate of drug-likeness (QED) is 0.775. The molecule has 0 fully saturated rings. The van der Waals surface area contributed by atoms with Gasteiger partial charge in [0, 0.05) is 38.8 Å². The Morgan fingerprint density at radius 3 is 2.67 bits per heavy atom. The minimum atomic E-state index is -0.0274. The van der Waals surface area contributed by atoms with Crippen molar-refractivity contribution < 1.29 is 9.59 Å². The van der Waals surface area contributed by atoms with Crippen LogP contribution in [0.5, 0.6) is 0 Å². The van der Waals surface area contributed by atoms with E-state index in [9.17, 15) is 9.59 Å². The lowest BCUT2D eigenvalue weighted by molar-refractivity contribution is -0.134. The molecule has 0 bridgehead atoms. The first-order valence-electron chi connectivity index (χ1n) is 8.88. The van der Waals surface area contributed by atoms with Crippen LogP contribution >= 0.6 is 0 Å². The zero-order chi connectivity index (χ0) is 17.1. The molecule has 2 amide bonds. The number of fused-ring (bicyclic) bond motifs is 1. The molecule has 0 N–H and O–H groups in total. The summed E-state index contributed by atoms with van der Waals surface area (Å²) < 4.78 is 2.10. The molecule has 130 valence electrons. The van der Waals surface area contributed by atoms with Crippen molar-refractivity contribution in [3.8, 4) is 0 Å². The second-order valence-electron chi connectivity index (χ2n) is 6.60. The molecule has 2 aliphatic rings. The lowest BCUT2D eigenvalue weighted by Gasteiger charge is -2.33. The molecular formula is C18H26N4O2. The summed E-state index contributed by atoms with van der Waals surface area (Å²) in [6, 6.07) is -0.0274. The van der Waals surface area contributed by atoms with Gasteiger partial charge < -0.3 is 14.4 Å². The average Bonchev–Trinajstić information content (AvgIpc) is 3.22. The number of imidazole rings is 1. The van der Waals surface area contributed by atoms with Gasteiger partial charge in [0.05, 0.1) is 18.2 Å². The standard InChI is InChI=1S/C18H26N4O2/c1-3-4-7-16(23)22-11-10-21-13-15(19-18(21)14(22)2)12-17(24)20-8-5-6-9-20/h5-6,13-14H,3-4,7-12H2,1-2H3/t14-/m1/s1. The molecule has 0 saturated heterocycles. The first-order valence-corrected chi connectivity index (χ1v) is 8.88. The third-order valence-corrected chi connectivity index (χ3v) is 4.85. The van der Waals surface area contributed by atoms with Crippen molar-refractivity contribution >= 4 is 11.8 Å². The van der Waals surface area contributed by atoms with Crippen LogP contribution in [0, 0.1) is 0 Å². The van der Waals surface area contributed by atoms with E-state index < -0.39 is 0 Å². The third-order valence-electron chi connectivity index (χ3n) is 4.85. The van der Waals surface area contributed by atoms with E-state index in [1.807, 2.05) is 35.1 Å². The minimum Gasteiger partial charge on any atom is -0.335 e. The van der Waals surface area contributed by atoms with Gasteiger partial charge in [0.15, 0.2) is 0 Å². The van der Waals surface area contributed by atoms with Crippen LogP contribution in [-0.2, 0) is 22.6 Å². The van der Waals surface area contributed by atoms with Crippen LogP contribution in [0.1, 0.15) is 50.7 Å². The monoisotopic (exact) mass is 330 g/mol. The van der Waals surface area contributed by atoms with Gasteiger partial charge in [0.25, 0.3) is 0 Å². The van der Waals surface area contributed by atoms with E-state index in [1.54, 1.807) is 0 Å². The molecule has 1 aromatic heterocycles. The Bertz CT molecular complexity index is 641. The van der Waals surface area contributed by atoms with Gasteiger partial charge in [-0.15, -0.1) is 0 Å². The van der Waals surface area contributed by atoms with E-state index in [0.717, 1.165) is 37.4 Å². The summed E-state index contributed by atoms with van der Waals surface area (Å²) in [6.07, 6.45) is 8.89. The molecule has 1 atom stereocenters. The summed E-state index contributed by atoms with van der Waals surface area (Å²) in [5.41, 5.74) is 0.802. The van der Waals surface area contributed by atoms with Crippen molar-refractivity contribution in [3.05, 3.63) is 29.9 Å². The topological polar surface area (TPSA) is 58.4 Å². The van der Waals surface area contributed by atoms with Crippen LogP contribution < -0.4 is 0 Å². The highest BCUT2D eigenvalue weighted by atomic mass is 16.2. The van der Waals surface area contributed by atoms with Gasteiger partial charge in [-0.25, -0.2) is 4.98 Å². The first-order chi connectivity index (χ1) is 11.6. The van der Waals surface area contributed by atoms with E-state index in [-0.39, 0.29) is 17.9 Å². The molecule has 6 nitrogen and oxygen atoms in total. The van der Waals surface area contributed by atoms with Crippen LogP contribution in [0.15, 0.2) is 18.3 Å². The zero-order valence-electron chi connectivity index (χ0n) is 14.6. The summed E-state index contributed by atoms with van der Waals surface area (Å²) in [6.45, 7) is 6.99. The van der Waals surface area contributed by atoms with Gasteiger partial charge in [0.1, 0.15) is 5.82 Å². The molecule has 3 rings (SSSR count). The van der Waals surface area contributed by atoms with Crippen molar-refractivity contribution in [1.29, 1.82) is 0 Å². The molecule has 0 spiro atoms. The first kappa shape index (κ1) is 16.7. The minimum absolute atomic E-state index is 0.0274. The van der Waals surface area contributed by atoms with E-state index in [1.165, 1.54) is 0 Å². The van der Waals surface area contributed by atoms with E-state index in [2.05, 4.69) is 16.5 Å². The van der Waals surface area contributed by atoms with Gasteiger partial charge in [-0.3, -0.25) is 9.59 Å². The molecule has 0 aromatic carbocycles. The lowest BCUT2D eigenvalue weighted by atomic mass is 10.1. The fraction of sp³-hybridized carbons (Fsp3) is 0.611. The predicted octanol–water partition coefficient (Wildman–Crippen LogP) is 1.92. The highest BCUT2D eigenvalue weighted by molar-refractivity contribution is 5.79. The van der Waals surface area contributed by atoms with Gasteiger partial charge >= 0.3 is 0 Å². The Morgan fingerprint density at radius 1 is 1.21 bits per heavy atom. The highest BCUT2D eigenvalue weighted by Gasteiger charge is 2.29. The van der Waals surface area contributed by atoms with Crippen LogP contribution in [0.4, 0.5) is 0 Å². The summed E-state index contributed by atoms with van der Waals surface area (Å²) in [7, 11) is 0. The number of rotatable bonds is 5. The number of aromatic nitrogens is 2. The zero-order valence-corrected chi connectivity index (χ0v) is 14.6. The van der Waals surface area contributed by atoms with Crippen LogP contribution in [0.2, 0.25) is 0 Å². The average molecular weight is 330 g/mol. The number of unbranched alkanes of at least 4 members (excludes halogenated alkanes) is 1. The molecule has 0 saturated carbocycles. The maximum atomic E-state index is 12.4. The van der Waals surface area contributed by atoms with Crippen LogP contribution in [0.3, 0.4) is 0 Å². The Morgan fingerprint density at radius 2 is 1.96 bits per heavy atom. The van der Waals surface area contributed by atoms with Crippen molar-refractivity contribution in [2.75, 3.05) is 19.6 Å². The van der Waals surface area contributed by atoms with Crippen molar-refractivity contribution in [2.45, 2.75) is 52.1 Å². The summed E-state index contributed by atoms with van der Waals surface area (Å²) in [5.74, 6) is 1.21. The number of carbonyl (C=O) groups is 2. The molecule has 2 aliphatic heterocycles. The molecule has 0 radical (unpaired) electrons. The van der Waals surface area contributed by atoms with Crippen LogP contribution in [0.25, 0.3) is 0 Å². The van der Waals surface area contributed by atoms with E-state index in [4.69, 9.17) is 0 Å². The smallest absolute Gasteiger partial charge is 0.229 e. The third kappa shape index (κ3) is 3.37. The van der Waals surface area contributed by atoms with E-state index >= 15 is 0 Å². The SMILES string of the molecule is CCCCC(=O)N1CCn2cc(CC(=O)N3CC=CC3)nc2[C@H]1C. The highest BCUT2D eigenvalue weighted by Crippen LogP contribution is 2.26. The van der Waals surface area contributed by atoms with Crippen molar-refractivity contribution in [1.82, 2.24) is 19.4 Å². The number of hydrogen-bond acceptors (Lipinski definition) is 3. The molecule has 0 aliphatic carbocycles. The summed E-state index contributed by atoms with van der Waals surface area (Å²) in [4.78, 5) is 33.0. The van der Waals surface area contributed by atoms with Crippen LogP contribution in [-0.4, -0.2) is 50.8 Å². The molecule has 24 heavy (non-hydrogen) atoms. The van der Waals surface area contributed by atoms with Gasteiger partial charge in [-0.2, -0.15) is 0 Å². The lowest BCUT2D eigenvalue weighted by Crippen LogP contribution is -2.41. The Labute approximate surface area is 143 Å². The maximum absolute atomic E-state index is 12.4. The maximum Gasteiger partial charge on any atom is 0.229 e. The number of amides is 2. The Hall–Kier alpha value is -2.11. The van der Waals surface area contributed by atoms with E-state index in [0.29, 0.717) is 25.9 Å². The normalized spacial score (nSPS) is 19.7. The predicted molar refractivity (Wildman–Crippen MR) is 91.3 cm³/mol. The summed E-state index contributed by atoms with van der Waals surface area (Å²) in [5, 5.41) is 0. The second kappa shape index (κ2) is 7.20. The molecular weight excluding hydrogens is 304 g/mol. The Kier molecular flexibility index (Phi) is 5.02.